The molecule has 40 atom stereocenters. The lowest BCUT2D eigenvalue weighted by Gasteiger charge is -2.46. The molecule has 2 unspecified atom stereocenters. The highest BCUT2D eigenvalue weighted by molar-refractivity contribution is 5.91. The lowest BCUT2D eigenvalue weighted by atomic mass is 9.96. The monoisotopic (exact) mass is 2010 g/mol. The van der Waals surface area contributed by atoms with Gasteiger partial charge in [0.05, 0.1) is 104 Å². The first kappa shape index (κ1) is 120. The fraction of sp³-hybridized carbons (Fsp3) is 0.904. The number of amides is 5. The molecule has 0 aromatic heterocycles. The number of ether oxygens (including phenoxy) is 16. The molecule has 5 amide bonds. The maximum atomic E-state index is 13.3. The Morgan fingerprint density at radius 3 is 0.899 bits per heavy atom. The molecule has 0 saturated carbocycles. The van der Waals surface area contributed by atoms with Crippen LogP contribution in [0.25, 0.3) is 0 Å². The Bertz CT molecular complexity index is 3390. The predicted molar refractivity (Wildman–Crippen MR) is 450 cm³/mol. The summed E-state index contributed by atoms with van der Waals surface area (Å²) in [5.74, 6) is -3.68. The maximum absolute atomic E-state index is 13.3. The van der Waals surface area contributed by atoms with Crippen molar-refractivity contribution in [2.45, 2.75) is 363 Å². The molecule has 29 N–H and O–H groups in total. The molecule has 8 saturated heterocycles. The largest absolute Gasteiger partial charge is 0.394 e. The van der Waals surface area contributed by atoms with Gasteiger partial charge in [0.15, 0.2) is 61.9 Å². The van der Waals surface area contributed by atoms with E-state index in [1.165, 1.54) is 13.8 Å². The van der Waals surface area contributed by atoms with Gasteiger partial charge in [0, 0.05) is 64.6 Å². The van der Waals surface area contributed by atoms with E-state index in [2.05, 4.69) is 16.0 Å². The Kier molecular flexibility index (Phi) is 51.4. The van der Waals surface area contributed by atoms with Gasteiger partial charge in [-0.3, -0.25) is 38.4 Å². The van der Waals surface area contributed by atoms with Crippen LogP contribution in [-0.4, -0.2) is 547 Å². The van der Waals surface area contributed by atoms with Gasteiger partial charge in [-0.15, -0.1) is 0 Å². The second kappa shape index (κ2) is 59.3. The topological polar surface area (TPSA) is 853 Å². The van der Waals surface area contributed by atoms with Crippen molar-refractivity contribution in [1.29, 1.82) is 0 Å². The number of rotatable bonds is 53. The van der Waals surface area contributed by atoms with E-state index in [-0.39, 0.29) is 95.8 Å². The van der Waals surface area contributed by atoms with Crippen LogP contribution in [0.4, 0.5) is 0 Å². The van der Waals surface area contributed by atoms with Crippen LogP contribution in [-0.2, 0) is 114 Å². The maximum Gasteiger partial charge on any atom is 0.239 e. The second-order valence-electron chi connectivity index (χ2n) is 34.7. The Hall–Kier alpha value is -5.32. The molecule has 0 bridgehead atoms. The molecular formula is C83H143N5O50. The molecule has 0 aromatic carbocycles. The van der Waals surface area contributed by atoms with E-state index in [0.29, 0.717) is 38.6 Å². The number of carbonyl (C=O) groups is 8. The average molecular weight is 2010 g/mol. The third-order valence-corrected chi connectivity index (χ3v) is 24.1. The minimum absolute atomic E-state index is 0.0446. The highest BCUT2D eigenvalue weighted by atomic mass is 16.8. The van der Waals surface area contributed by atoms with Crippen LogP contribution in [0, 0.1) is 0 Å². The lowest BCUT2D eigenvalue weighted by Crippen LogP contribution is -2.65. The van der Waals surface area contributed by atoms with Crippen molar-refractivity contribution in [2.75, 3.05) is 112 Å². The SMILES string of the molecule is CCCC(=O)CCCCC(=O)N(CC(=O)CCCO[C@@H]1O[C@@H](C)[C@@H](O)[C@@H](O)[C@@H]1O)CC(=O)NCCO[C@H]1O[C@H](CO[C@H]2O[C@H](CO)[C@@H](O)[C@H](O)[C@@H]2O)[C@@H](O)[C@H](OC2O[C@H](CO)[C@@H](O)[C@H](O)[C@@H]2O)[C@@H]1O.CCNC(=O)CCCCC(=O)N(CC(=O)CCCO[C@@H]1O[C@@H](C)[C@@H](O)[C@@H](O)[C@@H]1O)CC(=O)NCCO[C@H]1O[C@H](CO[C@H]2O[C@H](CO)[C@@H](O)[C@H](O)[C@@H]2O)[C@@H](O)[C@H](OC2O[C@H](CO)[C@@H](O)[C@H](O)[C@@H]2O)[C@@H]1O. The Morgan fingerprint density at radius 1 is 0.268 bits per heavy atom. The molecule has 0 aliphatic carbocycles. The third kappa shape index (κ3) is 34.4. The van der Waals surface area contributed by atoms with Crippen molar-refractivity contribution in [3.8, 4) is 0 Å². The van der Waals surface area contributed by atoms with Crippen LogP contribution in [0.5, 0.6) is 0 Å². The second-order valence-corrected chi connectivity index (χ2v) is 34.7. The van der Waals surface area contributed by atoms with Crippen LogP contribution < -0.4 is 16.0 Å². The van der Waals surface area contributed by atoms with Gasteiger partial charge in [-0.25, -0.2) is 0 Å². The van der Waals surface area contributed by atoms with E-state index in [1.807, 2.05) is 6.92 Å². The Labute approximate surface area is 792 Å². The van der Waals surface area contributed by atoms with Gasteiger partial charge in [-0.1, -0.05) is 6.92 Å². The van der Waals surface area contributed by atoms with E-state index in [9.17, 15) is 171 Å². The summed E-state index contributed by atoms with van der Waals surface area (Å²) in [6.07, 6.45) is -63.2. The first-order valence-electron chi connectivity index (χ1n) is 46.0. The molecule has 55 heteroatoms. The molecule has 8 rings (SSSR count). The van der Waals surface area contributed by atoms with Crippen molar-refractivity contribution in [1.82, 2.24) is 25.8 Å². The molecule has 55 nitrogen and oxygen atoms in total. The van der Waals surface area contributed by atoms with Crippen molar-refractivity contribution in [3.05, 3.63) is 0 Å². The summed E-state index contributed by atoms with van der Waals surface area (Å²) >= 11 is 0. The van der Waals surface area contributed by atoms with E-state index in [1.54, 1.807) is 6.92 Å². The smallest absolute Gasteiger partial charge is 0.239 e. The van der Waals surface area contributed by atoms with E-state index in [0.717, 1.165) is 9.80 Å². The van der Waals surface area contributed by atoms with Crippen LogP contribution in [0.2, 0.25) is 0 Å². The summed E-state index contributed by atoms with van der Waals surface area (Å²) in [6, 6.07) is 0. The van der Waals surface area contributed by atoms with E-state index in [4.69, 9.17) is 75.8 Å². The minimum atomic E-state index is -1.97. The predicted octanol–water partition coefficient (Wildman–Crippen LogP) is -16.2. The Balaban J connectivity index is 0.000000376. The first-order valence-corrected chi connectivity index (χ1v) is 46.0. The summed E-state index contributed by atoms with van der Waals surface area (Å²) in [6.45, 7) is -1.47. The number of aliphatic hydroxyl groups is 26. The number of unbranched alkanes of at least 4 members (excludes halogenated alkanes) is 2. The molecule has 0 spiro atoms. The molecule has 8 aliphatic heterocycles. The average Bonchev–Trinajstić information content (AvgIpc) is 0.766. The summed E-state index contributed by atoms with van der Waals surface area (Å²) in [5, 5.41) is 275. The fourth-order valence-corrected chi connectivity index (χ4v) is 15.8. The Morgan fingerprint density at radius 2 is 0.558 bits per heavy atom. The van der Waals surface area contributed by atoms with Crippen LogP contribution in [0.3, 0.4) is 0 Å². The summed E-state index contributed by atoms with van der Waals surface area (Å²) in [4.78, 5) is 105. The summed E-state index contributed by atoms with van der Waals surface area (Å²) in [5.41, 5.74) is 0. The normalized spacial score (nSPS) is 38.3. The van der Waals surface area contributed by atoms with Crippen molar-refractivity contribution < 1.29 is 247 Å². The molecule has 8 heterocycles. The van der Waals surface area contributed by atoms with Crippen molar-refractivity contribution in [2.24, 2.45) is 0 Å². The highest BCUT2D eigenvalue weighted by Gasteiger charge is 2.56. The highest BCUT2D eigenvalue weighted by Crippen LogP contribution is 2.35. The van der Waals surface area contributed by atoms with Gasteiger partial charge in [-0.2, -0.15) is 0 Å². The number of ketones is 3. The number of hydrogen-bond donors (Lipinski definition) is 29. The van der Waals surface area contributed by atoms with Gasteiger partial charge in [0.2, 0.25) is 29.5 Å². The minimum Gasteiger partial charge on any atom is -0.394 e. The molecular weight excluding hydrogens is 1870 g/mol. The summed E-state index contributed by atoms with van der Waals surface area (Å²) < 4.78 is 88.5. The first-order chi connectivity index (χ1) is 65.5. The summed E-state index contributed by atoms with van der Waals surface area (Å²) in [7, 11) is 0. The number of nitrogens with one attached hydrogen (secondary N) is 3. The van der Waals surface area contributed by atoms with Crippen LogP contribution in [0.15, 0.2) is 0 Å². The molecule has 0 aromatic rings. The number of Topliss-reactive ketones (excluding diaryl/α,β-unsaturated/α-hetero) is 3. The van der Waals surface area contributed by atoms with E-state index < -0.39 is 360 Å². The molecule has 8 aliphatic rings. The zero-order valence-electron chi connectivity index (χ0n) is 76.8. The molecule has 800 valence electrons. The lowest BCUT2D eigenvalue weighted by molar-refractivity contribution is -0.366. The number of nitrogens with zero attached hydrogens (tertiary/aromatic N) is 2. The zero-order valence-corrected chi connectivity index (χ0v) is 76.8. The van der Waals surface area contributed by atoms with Crippen LogP contribution >= 0.6 is 0 Å². The van der Waals surface area contributed by atoms with Gasteiger partial charge >= 0.3 is 0 Å². The standard InChI is InChI=1S/C42H72N2O25.C41H71N3O25/c1-3-7-20(47)8-4-5-10-26(50)44(14-21(48)9-6-12-62-39-34(58)31(55)27(51)19(2)65-39)15-25(49)43-11-13-63-41-37(61)38(69-42-36(60)33(57)29(53)23(17-46)67-42)30(54)24(68-41)18-64-40-35(59)32(56)28(52)22(16-45)66-40;1-3-42-23(48)8-4-5-9-25(50)44(13-19(47)7-6-11-62-38-33(58)30(55)26(51)18(2)65-38)14-24(49)43-10-12-63-40-36(61)37(69-41-35(60)32(57)28(53)21(16-46)67-41)29(54)22(68-40)17-64-39-34(59)31(56)27(52)20(15-45)66-39/h19,22-24,27-42,45-46,51-61H,3-18H2,1-2H3,(H,43,49);18,20-22,26-41,45-46,51-61H,3-17H2,1-2H3,(H,42,48)(H,43,49)/t19-,22+,23+,24+,27+,28+,29+,30+,31+,32-,33-,34-,35-,36-,37-,38-,39+,40-,41-,42?;18-,20+,21+,22+,26+,27+,28+,29+,30+,31-,32-,33-,34-,35-,36-,37-,38+,39-,40-,41?/m00/s1. The molecule has 8 fully saturated rings. The molecule has 138 heavy (non-hydrogen) atoms. The van der Waals surface area contributed by atoms with Crippen molar-refractivity contribution in [3.63, 3.8) is 0 Å². The zero-order chi connectivity index (χ0) is 102. The number of aliphatic hydroxyl groups excluding tert-OH is 26. The van der Waals surface area contributed by atoms with Gasteiger partial charge in [0.1, 0.15) is 189 Å². The third-order valence-electron chi connectivity index (χ3n) is 24.1. The number of hydrogen-bond acceptors (Lipinski definition) is 50. The van der Waals surface area contributed by atoms with Gasteiger partial charge < -0.3 is 234 Å². The fourth-order valence-electron chi connectivity index (χ4n) is 15.8. The number of carbonyl (C=O) groups excluding carboxylic acids is 8. The van der Waals surface area contributed by atoms with Crippen LogP contribution in [0.1, 0.15) is 118 Å². The molecule has 0 radical (unpaired) electrons. The van der Waals surface area contributed by atoms with Gasteiger partial charge in [-0.05, 0) is 65.7 Å². The van der Waals surface area contributed by atoms with Gasteiger partial charge in [0.25, 0.3) is 0 Å². The van der Waals surface area contributed by atoms with Crippen molar-refractivity contribution >= 4 is 46.9 Å². The van der Waals surface area contributed by atoms with E-state index >= 15 is 0 Å². The quantitative estimate of drug-likeness (QED) is 0.0252.